The molecule has 7 nitrogen and oxygen atoms in total. The van der Waals surface area contributed by atoms with E-state index in [1.165, 1.54) is 16.7 Å². The maximum absolute atomic E-state index is 13.4. The van der Waals surface area contributed by atoms with Gasteiger partial charge in [-0.25, -0.2) is 4.79 Å². The Labute approximate surface area is 224 Å². The molecule has 0 saturated carbocycles. The lowest BCUT2D eigenvalue weighted by molar-refractivity contribution is -0.113. The number of hydrogen-bond acceptors (Lipinski definition) is 8. The Kier molecular flexibility index (Phi) is 7.07. The van der Waals surface area contributed by atoms with Crippen LogP contribution in [0.1, 0.15) is 40.9 Å². The van der Waals surface area contributed by atoms with Crippen molar-refractivity contribution in [2.45, 2.75) is 19.4 Å². The van der Waals surface area contributed by atoms with E-state index in [0.29, 0.717) is 26.9 Å². The molecule has 5 rings (SSSR count). The van der Waals surface area contributed by atoms with Crippen LogP contribution in [0.3, 0.4) is 0 Å². The molecule has 0 bridgehead atoms. The number of para-hydroxylation sites is 1. The molecule has 1 amide bonds. The molecular weight excluding hydrogens is 506 g/mol. The molecule has 0 radical (unpaired) electrons. The highest BCUT2D eigenvalue weighted by Crippen LogP contribution is 2.40. The van der Waals surface area contributed by atoms with Crippen molar-refractivity contribution < 1.29 is 19.4 Å². The topological polar surface area (TPSA) is 82.4 Å². The van der Waals surface area contributed by atoms with Crippen molar-refractivity contribution in [3.8, 4) is 5.75 Å². The molecule has 1 atom stereocenters. The molecule has 0 aromatic heterocycles. The summed E-state index contributed by atoms with van der Waals surface area (Å²) in [6, 6.07) is 23.3. The van der Waals surface area contributed by atoms with Gasteiger partial charge in [-0.15, -0.1) is 0 Å². The smallest absolute Gasteiger partial charge is 0.338 e. The second-order valence-corrected chi connectivity index (χ2v) is 10.0. The predicted octanol–water partition coefficient (Wildman–Crippen LogP) is 5.63. The first-order chi connectivity index (χ1) is 18.0. The van der Waals surface area contributed by atoms with Gasteiger partial charge in [-0.3, -0.25) is 14.7 Å². The Morgan fingerprint density at radius 2 is 1.81 bits per heavy atom. The Balaban J connectivity index is 1.45. The predicted molar refractivity (Wildman–Crippen MR) is 148 cm³/mol. The van der Waals surface area contributed by atoms with E-state index in [-0.39, 0.29) is 24.3 Å². The lowest BCUT2D eigenvalue weighted by Gasteiger charge is -2.21. The molecule has 1 unspecified atom stereocenters. The molecule has 2 aliphatic rings. The minimum Gasteiger partial charge on any atom is -0.508 e. The van der Waals surface area contributed by atoms with Gasteiger partial charge in [0.2, 0.25) is 0 Å². The highest BCUT2D eigenvalue weighted by molar-refractivity contribution is 8.27. The van der Waals surface area contributed by atoms with E-state index < -0.39 is 5.97 Å². The lowest BCUT2D eigenvalue weighted by Crippen LogP contribution is -2.28. The molecule has 37 heavy (non-hydrogen) atoms. The fourth-order valence-corrected chi connectivity index (χ4v) is 5.50. The Morgan fingerprint density at radius 1 is 1.11 bits per heavy atom. The third-order valence-corrected chi connectivity index (χ3v) is 7.31. The minimum absolute atomic E-state index is 0.171. The van der Waals surface area contributed by atoms with Crippen molar-refractivity contribution in [2.75, 3.05) is 11.5 Å². The van der Waals surface area contributed by atoms with Gasteiger partial charge in [-0.2, -0.15) is 5.10 Å². The molecule has 1 N–H and O–H groups in total. The fourth-order valence-electron chi connectivity index (χ4n) is 4.24. The minimum atomic E-state index is -0.421. The average Bonchev–Trinajstić information content (AvgIpc) is 3.45. The van der Waals surface area contributed by atoms with E-state index in [1.807, 2.05) is 42.5 Å². The fraction of sp³-hybridized carbons (Fsp3) is 0.143. The van der Waals surface area contributed by atoms with Crippen molar-refractivity contribution in [3.05, 3.63) is 107 Å². The number of carbonyl (C=O) groups is 2. The maximum atomic E-state index is 13.4. The van der Waals surface area contributed by atoms with Gasteiger partial charge in [0, 0.05) is 18.2 Å². The summed E-state index contributed by atoms with van der Waals surface area (Å²) in [5.74, 6) is -0.529. The van der Waals surface area contributed by atoms with E-state index in [1.54, 1.807) is 54.5 Å². The van der Waals surface area contributed by atoms with Crippen molar-refractivity contribution >= 4 is 51.6 Å². The van der Waals surface area contributed by atoms with Crippen LogP contribution in [0.2, 0.25) is 0 Å². The van der Waals surface area contributed by atoms with Gasteiger partial charge in [0.25, 0.3) is 5.91 Å². The second-order valence-electron chi connectivity index (χ2n) is 8.34. The van der Waals surface area contributed by atoms with E-state index in [4.69, 9.17) is 22.1 Å². The molecule has 1 saturated heterocycles. The number of amides is 1. The Morgan fingerprint density at radius 3 is 2.51 bits per heavy atom. The van der Waals surface area contributed by atoms with Crippen LogP contribution >= 0.6 is 24.0 Å². The number of ether oxygens (including phenoxy) is 1. The SMILES string of the molecule is CCOC(=O)c1ccc(N2C(=O)/C(=C/N3N=C(c4ccccc4)CC3c3ccccc3O)SC2=S)cc1. The number of thiocarbonyl (C=S) groups is 1. The van der Waals surface area contributed by atoms with E-state index in [0.717, 1.165) is 16.8 Å². The van der Waals surface area contributed by atoms with E-state index in [2.05, 4.69) is 0 Å². The van der Waals surface area contributed by atoms with Crippen molar-refractivity contribution in [1.82, 2.24) is 5.01 Å². The molecule has 1 fully saturated rings. The highest BCUT2D eigenvalue weighted by atomic mass is 32.2. The normalized spacial score (nSPS) is 18.5. The molecule has 3 aromatic carbocycles. The molecule has 0 aliphatic carbocycles. The summed E-state index contributed by atoms with van der Waals surface area (Å²) in [6.45, 7) is 2.03. The van der Waals surface area contributed by atoms with Gasteiger partial charge >= 0.3 is 5.97 Å². The van der Waals surface area contributed by atoms with Crippen LogP contribution in [0.15, 0.2) is 95.1 Å². The summed E-state index contributed by atoms with van der Waals surface area (Å²) < 4.78 is 5.41. The van der Waals surface area contributed by atoms with Crippen molar-refractivity contribution in [1.29, 1.82) is 0 Å². The number of carbonyl (C=O) groups excluding carboxylic acids is 2. The van der Waals surface area contributed by atoms with Crippen LogP contribution in [0, 0.1) is 0 Å². The van der Waals surface area contributed by atoms with Crippen LogP contribution in [-0.4, -0.2) is 38.6 Å². The zero-order valence-corrected chi connectivity index (χ0v) is 21.5. The quantitative estimate of drug-likeness (QED) is 0.252. The Bertz CT molecular complexity index is 1420. The molecule has 3 aromatic rings. The summed E-state index contributed by atoms with van der Waals surface area (Å²) in [5, 5.41) is 17.1. The monoisotopic (exact) mass is 529 g/mol. The molecule has 2 heterocycles. The first-order valence-corrected chi connectivity index (χ1v) is 12.9. The number of nitrogens with zero attached hydrogens (tertiary/aromatic N) is 3. The number of hydrogen-bond donors (Lipinski definition) is 1. The molecule has 0 spiro atoms. The third-order valence-electron chi connectivity index (χ3n) is 6.02. The van der Waals surface area contributed by atoms with Gasteiger partial charge in [0.05, 0.1) is 34.5 Å². The highest BCUT2D eigenvalue weighted by Gasteiger charge is 2.36. The van der Waals surface area contributed by atoms with E-state index in [9.17, 15) is 14.7 Å². The Hall–Kier alpha value is -3.95. The molecule has 2 aliphatic heterocycles. The molecular formula is C28H23N3O4S2. The summed E-state index contributed by atoms with van der Waals surface area (Å²) in [5.41, 5.74) is 3.52. The molecule has 9 heteroatoms. The summed E-state index contributed by atoms with van der Waals surface area (Å²) in [6.07, 6.45) is 2.26. The van der Waals surface area contributed by atoms with Crippen molar-refractivity contribution in [2.24, 2.45) is 5.10 Å². The second kappa shape index (κ2) is 10.6. The van der Waals surface area contributed by atoms with Crippen LogP contribution in [0.5, 0.6) is 5.75 Å². The van der Waals surface area contributed by atoms with Gasteiger partial charge in [-0.1, -0.05) is 72.5 Å². The van der Waals surface area contributed by atoms with Gasteiger partial charge in [0.15, 0.2) is 4.32 Å². The third kappa shape index (κ3) is 5.00. The number of aromatic hydroxyl groups is 1. The zero-order chi connectivity index (χ0) is 25.9. The van der Waals surface area contributed by atoms with Crippen LogP contribution in [-0.2, 0) is 9.53 Å². The average molecular weight is 530 g/mol. The maximum Gasteiger partial charge on any atom is 0.338 e. The number of thioether (sulfide) groups is 1. The summed E-state index contributed by atoms with van der Waals surface area (Å²) in [7, 11) is 0. The first kappa shape index (κ1) is 24.7. The number of rotatable bonds is 6. The van der Waals surface area contributed by atoms with Gasteiger partial charge in [-0.05, 0) is 42.8 Å². The van der Waals surface area contributed by atoms with Gasteiger partial charge in [0.1, 0.15) is 5.75 Å². The van der Waals surface area contributed by atoms with Gasteiger partial charge < -0.3 is 9.84 Å². The van der Waals surface area contributed by atoms with E-state index >= 15 is 0 Å². The first-order valence-electron chi connectivity index (χ1n) is 11.7. The number of esters is 1. The van der Waals surface area contributed by atoms with Crippen LogP contribution < -0.4 is 4.90 Å². The lowest BCUT2D eigenvalue weighted by atomic mass is 9.98. The van der Waals surface area contributed by atoms with Crippen LogP contribution in [0.4, 0.5) is 5.69 Å². The van der Waals surface area contributed by atoms with Crippen molar-refractivity contribution in [3.63, 3.8) is 0 Å². The number of phenolic OH excluding ortho intramolecular Hbond substituents is 1. The zero-order valence-electron chi connectivity index (χ0n) is 19.9. The summed E-state index contributed by atoms with van der Waals surface area (Å²) >= 11 is 6.71. The number of anilines is 1. The standard InChI is InChI=1S/C28H23N3O4S2/c1-2-35-27(34)19-12-14-20(15-13-19)31-26(33)25(37-28(31)36)17-30-23(21-10-6-7-11-24(21)32)16-22(29-30)18-8-4-3-5-9-18/h3-15,17,23,32H,2,16H2,1H3/b25-17-. The summed E-state index contributed by atoms with van der Waals surface area (Å²) in [4.78, 5) is 27.2. The number of phenols is 1. The van der Waals surface area contributed by atoms with Crippen LogP contribution in [0.25, 0.3) is 0 Å². The number of hydrazone groups is 1. The molecule has 186 valence electrons. The largest absolute Gasteiger partial charge is 0.508 e. The number of benzene rings is 3.